The molecule has 2 heterocycles. The van der Waals surface area contributed by atoms with Crippen molar-refractivity contribution in [3.05, 3.63) is 21.3 Å². The molecule has 2 amide bonds. The molecule has 5 nitrogen and oxygen atoms in total. The summed E-state index contributed by atoms with van der Waals surface area (Å²) in [7, 11) is -1.30. The number of nitrogens with zero attached hydrogens (tertiary/aromatic N) is 1. The first-order chi connectivity index (χ1) is 8.85. The molecule has 1 saturated heterocycles. The number of carbonyl (C=O) groups excluding carboxylic acids is 1. The first-order valence-corrected chi connectivity index (χ1v) is 8.83. The van der Waals surface area contributed by atoms with E-state index in [1.54, 1.807) is 13.1 Å². The lowest BCUT2D eigenvalue weighted by Crippen LogP contribution is -2.43. The number of hydrogen-bond donors (Lipinski definition) is 1. The molecule has 8 heteroatoms. The molecule has 0 aliphatic carbocycles. The molecular formula is C11H15ClN2O3S2. The fraction of sp³-hybridized carbons (Fsp3) is 0.545. The second-order valence-electron chi connectivity index (χ2n) is 4.61. The van der Waals surface area contributed by atoms with Gasteiger partial charge in [-0.1, -0.05) is 11.6 Å². The zero-order valence-corrected chi connectivity index (χ0v) is 12.8. The van der Waals surface area contributed by atoms with Crippen molar-refractivity contribution in [3.63, 3.8) is 0 Å². The van der Waals surface area contributed by atoms with Crippen LogP contribution in [0.25, 0.3) is 0 Å². The van der Waals surface area contributed by atoms with E-state index in [4.69, 9.17) is 11.6 Å². The maximum Gasteiger partial charge on any atom is 0.317 e. The minimum Gasteiger partial charge on any atom is -0.334 e. The van der Waals surface area contributed by atoms with Crippen LogP contribution >= 0.6 is 22.9 Å². The average molecular weight is 323 g/mol. The molecule has 1 aromatic heterocycles. The van der Waals surface area contributed by atoms with Gasteiger partial charge in [-0.3, -0.25) is 0 Å². The predicted octanol–water partition coefficient (Wildman–Crippen LogP) is 1.73. The number of hydrogen-bond acceptors (Lipinski definition) is 4. The van der Waals surface area contributed by atoms with Crippen LogP contribution < -0.4 is 5.32 Å². The van der Waals surface area contributed by atoms with Crippen LogP contribution in [0.2, 0.25) is 4.34 Å². The van der Waals surface area contributed by atoms with Crippen molar-refractivity contribution in [1.82, 2.24) is 10.2 Å². The van der Waals surface area contributed by atoms with Gasteiger partial charge in [-0.2, -0.15) is 0 Å². The summed E-state index contributed by atoms with van der Waals surface area (Å²) in [5.74, 6) is 0.194. The third kappa shape index (κ3) is 4.09. The molecule has 0 spiro atoms. The van der Waals surface area contributed by atoms with Gasteiger partial charge in [0.25, 0.3) is 0 Å². The fourth-order valence-electron chi connectivity index (χ4n) is 1.94. The lowest BCUT2D eigenvalue weighted by atomic mass is 10.3. The highest BCUT2D eigenvalue weighted by atomic mass is 35.5. The maximum atomic E-state index is 11.9. The third-order valence-electron chi connectivity index (χ3n) is 2.93. The number of carbonyl (C=O) groups is 1. The standard InChI is InChI=1S/C11H15ClN2O3S2/c1-14(6-9-2-3-10(12)18-9)11(15)13-8-4-5-19(16,17)7-8/h2-3,8H,4-7H2,1H3,(H,13,15). The number of urea groups is 1. The monoisotopic (exact) mass is 322 g/mol. The van der Waals surface area contributed by atoms with Crippen LogP contribution in [-0.2, 0) is 16.4 Å². The third-order valence-corrected chi connectivity index (χ3v) is 5.91. The van der Waals surface area contributed by atoms with Crippen molar-refractivity contribution >= 4 is 38.8 Å². The van der Waals surface area contributed by atoms with Crippen LogP contribution in [0.15, 0.2) is 12.1 Å². The SMILES string of the molecule is CN(Cc1ccc(Cl)s1)C(=O)NC1CCS(=O)(=O)C1. The first-order valence-electron chi connectivity index (χ1n) is 5.82. The maximum absolute atomic E-state index is 11.9. The van der Waals surface area contributed by atoms with E-state index in [1.165, 1.54) is 16.2 Å². The van der Waals surface area contributed by atoms with E-state index in [1.807, 2.05) is 6.07 Å². The highest BCUT2D eigenvalue weighted by Crippen LogP contribution is 2.22. The van der Waals surface area contributed by atoms with Crippen LogP contribution in [0.1, 0.15) is 11.3 Å². The van der Waals surface area contributed by atoms with Crippen molar-refractivity contribution in [2.45, 2.75) is 19.0 Å². The number of amides is 2. The smallest absolute Gasteiger partial charge is 0.317 e. The molecule has 0 saturated carbocycles. The Kier molecular flexibility index (Phi) is 4.37. The van der Waals surface area contributed by atoms with Crippen molar-refractivity contribution in [3.8, 4) is 0 Å². The Hall–Kier alpha value is -0.790. The van der Waals surface area contributed by atoms with E-state index in [0.29, 0.717) is 17.3 Å². The lowest BCUT2D eigenvalue weighted by molar-refractivity contribution is 0.204. The van der Waals surface area contributed by atoms with Crippen LogP contribution in [0, 0.1) is 0 Å². The largest absolute Gasteiger partial charge is 0.334 e. The minimum absolute atomic E-state index is 0.0391. The average Bonchev–Trinajstić information content (AvgIpc) is 2.85. The Bertz CT molecular complexity index is 570. The number of sulfone groups is 1. The van der Waals surface area contributed by atoms with Gasteiger partial charge in [0.05, 0.1) is 22.4 Å². The van der Waals surface area contributed by atoms with Gasteiger partial charge in [0, 0.05) is 18.0 Å². The molecule has 0 aromatic carbocycles. The van der Waals surface area contributed by atoms with E-state index < -0.39 is 9.84 Å². The molecular weight excluding hydrogens is 308 g/mol. The minimum atomic E-state index is -2.97. The quantitative estimate of drug-likeness (QED) is 0.921. The summed E-state index contributed by atoms with van der Waals surface area (Å²) in [5, 5.41) is 2.74. The van der Waals surface area contributed by atoms with Crippen LogP contribution in [-0.4, -0.2) is 43.9 Å². The molecule has 1 fully saturated rings. The topological polar surface area (TPSA) is 66.5 Å². The van der Waals surface area contributed by atoms with Gasteiger partial charge in [-0.25, -0.2) is 13.2 Å². The predicted molar refractivity (Wildman–Crippen MR) is 76.4 cm³/mol. The molecule has 2 rings (SSSR count). The number of thiophene rings is 1. The van der Waals surface area contributed by atoms with Gasteiger partial charge < -0.3 is 10.2 Å². The molecule has 1 N–H and O–H groups in total. The van der Waals surface area contributed by atoms with Crippen molar-refractivity contribution < 1.29 is 13.2 Å². The van der Waals surface area contributed by atoms with Crippen LogP contribution in [0.5, 0.6) is 0 Å². The summed E-state index contributed by atoms with van der Waals surface area (Å²) in [4.78, 5) is 14.4. The van der Waals surface area contributed by atoms with Gasteiger partial charge in [0.15, 0.2) is 9.84 Å². The number of halogens is 1. The molecule has 1 atom stereocenters. The Morgan fingerprint density at radius 2 is 2.32 bits per heavy atom. The fourth-order valence-corrected chi connectivity index (χ4v) is 4.75. The normalized spacial score (nSPS) is 21.3. The summed E-state index contributed by atoms with van der Waals surface area (Å²) in [6.45, 7) is 0.461. The Labute approximate surface area is 121 Å². The molecule has 1 aliphatic rings. The molecule has 106 valence electrons. The van der Waals surface area contributed by atoms with E-state index in [9.17, 15) is 13.2 Å². The van der Waals surface area contributed by atoms with Crippen molar-refractivity contribution in [1.29, 1.82) is 0 Å². The van der Waals surface area contributed by atoms with E-state index in [2.05, 4.69) is 5.32 Å². The second-order valence-corrected chi connectivity index (χ2v) is 8.64. The van der Waals surface area contributed by atoms with Crippen LogP contribution in [0.4, 0.5) is 4.79 Å². The second kappa shape index (κ2) is 5.68. The zero-order chi connectivity index (χ0) is 14.0. The molecule has 19 heavy (non-hydrogen) atoms. The highest BCUT2D eigenvalue weighted by Gasteiger charge is 2.29. The molecule has 0 bridgehead atoms. The van der Waals surface area contributed by atoms with E-state index in [0.717, 1.165) is 4.88 Å². The van der Waals surface area contributed by atoms with Gasteiger partial charge in [0.1, 0.15) is 0 Å². The molecule has 0 radical (unpaired) electrons. The Morgan fingerprint density at radius 1 is 1.58 bits per heavy atom. The summed E-state index contributed by atoms with van der Waals surface area (Å²) in [6.07, 6.45) is 0.493. The van der Waals surface area contributed by atoms with Crippen LogP contribution in [0.3, 0.4) is 0 Å². The number of rotatable bonds is 3. The molecule has 1 aliphatic heterocycles. The summed E-state index contributed by atoms with van der Waals surface area (Å²) in [5.41, 5.74) is 0. The van der Waals surface area contributed by atoms with E-state index >= 15 is 0 Å². The van der Waals surface area contributed by atoms with Gasteiger partial charge in [-0.15, -0.1) is 11.3 Å². The zero-order valence-electron chi connectivity index (χ0n) is 10.4. The molecule has 1 unspecified atom stereocenters. The highest BCUT2D eigenvalue weighted by molar-refractivity contribution is 7.91. The Balaban J connectivity index is 1.86. The lowest BCUT2D eigenvalue weighted by Gasteiger charge is -2.19. The number of nitrogens with one attached hydrogen (secondary N) is 1. The summed E-state index contributed by atoms with van der Waals surface area (Å²) in [6, 6.07) is 3.13. The Morgan fingerprint density at radius 3 is 2.84 bits per heavy atom. The first kappa shape index (κ1) is 14.6. The van der Waals surface area contributed by atoms with E-state index in [-0.39, 0.29) is 23.6 Å². The summed E-state index contributed by atoms with van der Waals surface area (Å²) >= 11 is 7.25. The van der Waals surface area contributed by atoms with Crippen molar-refractivity contribution in [2.75, 3.05) is 18.6 Å². The van der Waals surface area contributed by atoms with Gasteiger partial charge in [-0.05, 0) is 18.6 Å². The summed E-state index contributed by atoms with van der Waals surface area (Å²) < 4.78 is 23.3. The molecule has 1 aromatic rings. The van der Waals surface area contributed by atoms with Gasteiger partial charge >= 0.3 is 6.03 Å². The van der Waals surface area contributed by atoms with Crippen molar-refractivity contribution in [2.24, 2.45) is 0 Å². The van der Waals surface area contributed by atoms with Gasteiger partial charge in [0.2, 0.25) is 0 Å².